The Bertz CT molecular complexity index is 37.8. The van der Waals surface area contributed by atoms with Gasteiger partial charge in [-0.3, -0.25) is 0 Å². The Kier molecular flexibility index (Phi) is 9.77. The first kappa shape index (κ1) is 9.98. The average molecular weight is 288 g/mol. The molecule has 1 N–H and O–H groups in total. The second kappa shape index (κ2) is 5.87. The summed E-state index contributed by atoms with van der Waals surface area (Å²) in [6, 6.07) is 0. The summed E-state index contributed by atoms with van der Waals surface area (Å²) in [5.74, 6) is 0. The molecule has 3 heteroatoms. The smallest absolute Gasteiger partial charge is 0.153 e. The fourth-order valence-corrected chi connectivity index (χ4v) is 0. The Labute approximate surface area is 53.4 Å². The minimum atomic E-state index is -0.407. The van der Waals surface area contributed by atoms with Crippen LogP contribution < -0.4 is 0 Å². The zero-order chi connectivity index (χ0) is 4.28. The number of rotatable bonds is 1. The van der Waals surface area contributed by atoms with Crippen LogP contribution in [0.1, 0.15) is 0 Å². The average Bonchev–Trinajstić information content (AvgIpc) is 1.38. The van der Waals surface area contributed by atoms with Crippen molar-refractivity contribution >= 4 is 9.90 Å². The fourth-order valence-electron chi connectivity index (χ4n) is 0. The van der Waals surface area contributed by atoms with E-state index in [0.717, 1.165) is 0 Å². The molecule has 0 spiro atoms. The third-order valence-electron chi connectivity index (χ3n) is 0.176. The van der Waals surface area contributed by atoms with E-state index in [1.807, 2.05) is 21.1 Å². The standard InChI is InChI=1S/C3H5O.Au.H3P/c1-2-3-4;;/h2-4H,1H2;;1H3. The molecule has 1 nitrogen and oxygen atoms in total. The number of aliphatic hydroxyl groups excluding tert-OH is 1. The van der Waals surface area contributed by atoms with E-state index < -0.39 is 4.32 Å². The second-order valence-corrected chi connectivity index (χ2v) is 1.84. The molecule has 0 saturated carbocycles. The van der Waals surface area contributed by atoms with Gasteiger partial charge in [0.1, 0.15) is 0 Å². The summed E-state index contributed by atoms with van der Waals surface area (Å²) in [6.45, 7) is 3.30. The van der Waals surface area contributed by atoms with Gasteiger partial charge < -0.3 is 0 Å². The van der Waals surface area contributed by atoms with Gasteiger partial charge in [0.25, 0.3) is 0 Å². The van der Waals surface area contributed by atoms with Gasteiger partial charge in [-0.25, -0.2) is 0 Å². The van der Waals surface area contributed by atoms with Crippen LogP contribution in [0.15, 0.2) is 12.7 Å². The molecule has 0 aromatic rings. The van der Waals surface area contributed by atoms with Gasteiger partial charge in [0.2, 0.25) is 0 Å². The van der Waals surface area contributed by atoms with Crippen molar-refractivity contribution in [1.29, 1.82) is 0 Å². The van der Waals surface area contributed by atoms with Crippen molar-refractivity contribution in [3.8, 4) is 0 Å². The Morgan fingerprint density at radius 2 is 2.00 bits per heavy atom. The molecule has 0 aliphatic rings. The van der Waals surface area contributed by atoms with E-state index in [1.54, 1.807) is 0 Å². The van der Waals surface area contributed by atoms with Gasteiger partial charge in [-0.2, -0.15) is 9.90 Å². The van der Waals surface area contributed by atoms with E-state index in [9.17, 15) is 0 Å². The van der Waals surface area contributed by atoms with Crippen LogP contribution in [0.2, 0.25) is 0 Å². The maximum atomic E-state index is 8.22. The van der Waals surface area contributed by atoms with Crippen LogP contribution in [0.25, 0.3) is 0 Å². The van der Waals surface area contributed by atoms with Gasteiger partial charge in [0.05, 0.1) is 0 Å². The maximum Gasteiger partial charge on any atom is -0.153 e. The van der Waals surface area contributed by atoms with Crippen molar-refractivity contribution < 1.29 is 26.2 Å². The summed E-state index contributed by atoms with van der Waals surface area (Å²) >= 11 is 2.00. The van der Waals surface area contributed by atoms with E-state index in [1.165, 1.54) is 6.08 Å². The molecule has 0 fully saturated rings. The Morgan fingerprint density at radius 3 is 2.00 bits per heavy atom. The van der Waals surface area contributed by atoms with Crippen LogP contribution in [-0.4, -0.2) is 9.43 Å². The quantitative estimate of drug-likeness (QED) is 0.412. The van der Waals surface area contributed by atoms with E-state index in [0.29, 0.717) is 0 Å². The third kappa shape index (κ3) is 8.86. The molecule has 6 heavy (non-hydrogen) atoms. The van der Waals surface area contributed by atoms with E-state index in [2.05, 4.69) is 6.58 Å². The Morgan fingerprint density at radius 1 is 1.83 bits per heavy atom. The molecular formula is C3H8AuOP. The van der Waals surface area contributed by atoms with Crippen molar-refractivity contribution in [2.45, 2.75) is 4.32 Å². The summed E-state index contributed by atoms with van der Waals surface area (Å²) in [6.07, 6.45) is 1.45. The van der Waals surface area contributed by atoms with Crippen LogP contribution in [-0.2, 0) is 21.1 Å². The van der Waals surface area contributed by atoms with Crippen molar-refractivity contribution in [3.63, 3.8) is 0 Å². The molecule has 0 rings (SSSR count). The van der Waals surface area contributed by atoms with E-state index >= 15 is 0 Å². The minimum Gasteiger partial charge on any atom is -0.153 e. The SMILES string of the molecule is C=C[CH](O)[Au].P. The molecule has 42 valence electrons. The first-order valence-corrected chi connectivity index (χ1v) is 2.42. The normalized spacial score (nSPS) is 11.8. The van der Waals surface area contributed by atoms with Crippen LogP contribution >= 0.6 is 9.90 Å². The molecule has 0 radical (unpaired) electrons. The van der Waals surface area contributed by atoms with Crippen LogP contribution in [0.3, 0.4) is 0 Å². The van der Waals surface area contributed by atoms with Crippen molar-refractivity contribution in [2.75, 3.05) is 0 Å². The third-order valence-corrected chi connectivity index (χ3v) is 0.687. The molecule has 0 aliphatic heterocycles. The molecule has 0 aliphatic carbocycles. The molecule has 2 atom stereocenters. The molecule has 0 bridgehead atoms. The number of aliphatic hydroxyl groups is 1. The predicted molar refractivity (Wildman–Crippen MR) is 27.3 cm³/mol. The molecule has 2 unspecified atom stereocenters. The topological polar surface area (TPSA) is 20.2 Å². The number of hydrogen-bond donors (Lipinski definition) is 1. The minimum absolute atomic E-state index is 0. The van der Waals surface area contributed by atoms with Gasteiger partial charge in [0, 0.05) is 0 Å². The number of hydrogen-bond acceptors (Lipinski definition) is 1. The zero-order valence-electron chi connectivity index (χ0n) is 3.32. The maximum absolute atomic E-state index is 8.22. The molecule has 0 aromatic heterocycles. The van der Waals surface area contributed by atoms with Gasteiger partial charge in [0.15, 0.2) is 0 Å². The van der Waals surface area contributed by atoms with Gasteiger partial charge in [-0.15, -0.1) is 0 Å². The van der Waals surface area contributed by atoms with Crippen LogP contribution in [0.5, 0.6) is 0 Å². The predicted octanol–water partition coefficient (Wildman–Crippen LogP) is 0.0957. The molecular weight excluding hydrogens is 280 g/mol. The monoisotopic (exact) mass is 288 g/mol. The van der Waals surface area contributed by atoms with Crippen molar-refractivity contribution in [2.24, 2.45) is 0 Å². The van der Waals surface area contributed by atoms with Crippen LogP contribution in [0, 0.1) is 0 Å². The molecule has 0 aromatic carbocycles. The molecule has 0 amide bonds. The van der Waals surface area contributed by atoms with Crippen LogP contribution in [0.4, 0.5) is 0 Å². The summed E-state index contributed by atoms with van der Waals surface area (Å²) in [7, 11) is 0. The molecule has 0 heterocycles. The van der Waals surface area contributed by atoms with E-state index in [4.69, 9.17) is 5.11 Å². The van der Waals surface area contributed by atoms with Gasteiger partial charge >= 0.3 is 43.2 Å². The van der Waals surface area contributed by atoms with Crippen molar-refractivity contribution in [1.82, 2.24) is 0 Å². The van der Waals surface area contributed by atoms with E-state index in [-0.39, 0.29) is 9.90 Å². The Balaban J connectivity index is 0. The summed E-state index contributed by atoms with van der Waals surface area (Å²) in [5, 5.41) is 8.22. The zero-order valence-corrected chi connectivity index (χ0v) is 6.90. The van der Waals surface area contributed by atoms with Gasteiger partial charge in [-0.05, 0) is 0 Å². The summed E-state index contributed by atoms with van der Waals surface area (Å²) < 4.78 is -0.407. The largest absolute Gasteiger partial charge is 0.153 e. The second-order valence-electron chi connectivity index (χ2n) is 0.563. The first-order valence-electron chi connectivity index (χ1n) is 1.17. The first-order chi connectivity index (χ1) is 2.27. The fraction of sp³-hybridized carbons (Fsp3) is 0.333. The summed E-state index contributed by atoms with van der Waals surface area (Å²) in [5.41, 5.74) is 0. The van der Waals surface area contributed by atoms with Crippen molar-refractivity contribution in [3.05, 3.63) is 12.7 Å². The van der Waals surface area contributed by atoms with Gasteiger partial charge in [-0.1, -0.05) is 0 Å². The molecule has 0 saturated heterocycles. The Hall–Kier alpha value is 0.870. The summed E-state index contributed by atoms with van der Waals surface area (Å²) in [4.78, 5) is 0.